The highest BCUT2D eigenvalue weighted by Crippen LogP contribution is 2.24. The summed E-state index contributed by atoms with van der Waals surface area (Å²) >= 11 is 0. The van der Waals surface area contributed by atoms with E-state index in [1.54, 1.807) is 12.0 Å². The predicted octanol–water partition coefficient (Wildman–Crippen LogP) is -0.366. The molecule has 0 unspecified atom stereocenters. The number of rotatable bonds is 5. The van der Waals surface area contributed by atoms with Gasteiger partial charge in [-0.05, 0) is 31.0 Å². The van der Waals surface area contributed by atoms with E-state index in [9.17, 15) is 14.7 Å². The first-order valence-corrected chi connectivity index (χ1v) is 8.15. The molecule has 4 atom stereocenters. The molecule has 2 fully saturated rings. The zero-order valence-electron chi connectivity index (χ0n) is 13.9. The fourth-order valence-corrected chi connectivity index (χ4v) is 3.30. The van der Waals surface area contributed by atoms with Crippen molar-refractivity contribution in [1.29, 1.82) is 0 Å². The number of nitrogens with one attached hydrogen (secondary N) is 2. The second kappa shape index (κ2) is 6.78. The maximum Gasteiger partial charge on any atom is 0.248 e. The van der Waals surface area contributed by atoms with Crippen LogP contribution < -0.4 is 15.4 Å². The van der Waals surface area contributed by atoms with Crippen LogP contribution in [0.4, 0.5) is 0 Å². The van der Waals surface area contributed by atoms with Gasteiger partial charge in [-0.2, -0.15) is 0 Å². The highest BCUT2D eigenvalue weighted by atomic mass is 16.5. The molecule has 1 aromatic carbocycles. The van der Waals surface area contributed by atoms with E-state index in [0.29, 0.717) is 19.5 Å². The van der Waals surface area contributed by atoms with Crippen LogP contribution in [0.25, 0.3) is 0 Å². The lowest BCUT2D eigenvalue weighted by atomic mass is 10.0. The maximum absolute atomic E-state index is 12.4. The first-order valence-electron chi connectivity index (χ1n) is 8.15. The number of fused-ring (bicyclic) bond motifs is 1. The Morgan fingerprint density at radius 1 is 1.38 bits per heavy atom. The van der Waals surface area contributed by atoms with Gasteiger partial charge in [-0.25, -0.2) is 0 Å². The Morgan fingerprint density at radius 2 is 2.08 bits per heavy atom. The van der Waals surface area contributed by atoms with Crippen molar-refractivity contribution in [2.24, 2.45) is 0 Å². The van der Waals surface area contributed by atoms with Crippen molar-refractivity contribution in [2.45, 2.75) is 44.1 Å². The Morgan fingerprint density at radius 3 is 2.71 bits per heavy atom. The van der Waals surface area contributed by atoms with Crippen molar-refractivity contribution in [2.75, 3.05) is 13.7 Å². The van der Waals surface area contributed by atoms with Crippen LogP contribution >= 0.6 is 0 Å². The summed E-state index contributed by atoms with van der Waals surface area (Å²) in [5.74, 6) is 0.417. The summed E-state index contributed by atoms with van der Waals surface area (Å²) in [7, 11) is 1.63. The lowest BCUT2D eigenvalue weighted by molar-refractivity contribution is -0.149. The van der Waals surface area contributed by atoms with Crippen LogP contribution in [-0.4, -0.2) is 59.7 Å². The molecule has 0 spiro atoms. The second-order valence-electron chi connectivity index (χ2n) is 6.39. The van der Waals surface area contributed by atoms with Gasteiger partial charge in [-0.15, -0.1) is 0 Å². The Labute approximate surface area is 141 Å². The number of benzene rings is 1. The quantitative estimate of drug-likeness (QED) is 0.684. The minimum atomic E-state index is -0.895. The van der Waals surface area contributed by atoms with Crippen molar-refractivity contribution >= 4 is 11.8 Å². The van der Waals surface area contributed by atoms with Crippen LogP contribution in [0, 0.1) is 0 Å². The third kappa shape index (κ3) is 3.22. The molecular formula is C17H23N3O4. The summed E-state index contributed by atoms with van der Waals surface area (Å²) in [4.78, 5) is 26.1. The molecule has 2 aliphatic heterocycles. The summed E-state index contributed by atoms with van der Waals surface area (Å²) in [6.45, 7) is 2.65. The topological polar surface area (TPSA) is 90.9 Å². The van der Waals surface area contributed by atoms with Crippen molar-refractivity contribution in [3.05, 3.63) is 29.8 Å². The number of carbonyl (C=O) groups is 2. The number of amides is 2. The third-order valence-electron chi connectivity index (χ3n) is 4.69. The van der Waals surface area contributed by atoms with Gasteiger partial charge in [0.1, 0.15) is 17.8 Å². The summed E-state index contributed by atoms with van der Waals surface area (Å²) < 4.78 is 5.13. The maximum atomic E-state index is 12.4. The van der Waals surface area contributed by atoms with Crippen LogP contribution in [0.2, 0.25) is 0 Å². The molecule has 0 radical (unpaired) electrons. The second-order valence-corrected chi connectivity index (χ2v) is 6.39. The Bertz CT molecular complexity index is 617. The van der Waals surface area contributed by atoms with Gasteiger partial charge in [0.2, 0.25) is 11.8 Å². The molecule has 7 nitrogen and oxygen atoms in total. The van der Waals surface area contributed by atoms with E-state index in [-0.39, 0.29) is 17.9 Å². The van der Waals surface area contributed by atoms with Gasteiger partial charge in [-0.3, -0.25) is 9.59 Å². The number of piperazine rings is 1. The molecule has 24 heavy (non-hydrogen) atoms. The van der Waals surface area contributed by atoms with E-state index in [0.717, 1.165) is 11.3 Å². The summed E-state index contributed by atoms with van der Waals surface area (Å²) in [5.41, 5.74) is 1.11. The van der Waals surface area contributed by atoms with E-state index >= 15 is 0 Å². The van der Waals surface area contributed by atoms with Gasteiger partial charge in [0, 0.05) is 19.1 Å². The smallest absolute Gasteiger partial charge is 0.248 e. The normalized spacial score (nSPS) is 27.6. The van der Waals surface area contributed by atoms with Crippen molar-refractivity contribution < 1.29 is 19.4 Å². The molecule has 7 heteroatoms. The summed E-state index contributed by atoms with van der Waals surface area (Å²) in [6.07, 6.45) is -0.311. The third-order valence-corrected chi connectivity index (χ3v) is 4.69. The molecule has 2 aliphatic rings. The van der Waals surface area contributed by atoms with Gasteiger partial charge in [0.15, 0.2) is 0 Å². The Balaban J connectivity index is 1.60. The molecular weight excluding hydrogens is 310 g/mol. The number of hydrogen-bond acceptors (Lipinski definition) is 5. The molecule has 0 saturated carbocycles. The molecule has 3 rings (SSSR count). The van der Waals surface area contributed by atoms with Crippen molar-refractivity contribution in [3.8, 4) is 5.75 Å². The van der Waals surface area contributed by atoms with Crippen LogP contribution in [0.1, 0.15) is 18.9 Å². The summed E-state index contributed by atoms with van der Waals surface area (Å²) in [5, 5.41) is 15.7. The monoisotopic (exact) mass is 333 g/mol. The van der Waals surface area contributed by atoms with Crippen LogP contribution in [0.5, 0.6) is 5.75 Å². The molecule has 0 aliphatic carbocycles. The fraction of sp³-hybridized carbons (Fsp3) is 0.529. The Kier molecular flexibility index (Phi) is 4.73. The van der Waals surface area contributed by atoms with E-state index in [1.165, 1.54) is 6.92 Å². The van der Waals surface area contributed by atoms with Crippen LogP contribution in [0.3, 0.4) is 0 Å². The molecule has 2 heterocycles. The zero-order valence-corrected chi connectivity index (χ0v) is 13.9. The number of aliphatic hydroxyl groups excluding tert-OH is 1. The molecule has 2 saturated heterocycles. The highest BCUT2D eigenvalue weighted by Gasteiger charge is 2.47. The summed E-state index contributed by atoms with van der Waals surface area (Å²) in [6, 6.07) is 6.54. The number of methoxy groups -OCH3 is 1. The SMILES string of the molecule is COc1ccc(CN[C@H]2C[C@H]3C(=O)N[C@H]([C@H](C)O)C(=O)N3C2)cc1. The zero-order chi connectivity index (χ0) is 17.3. The molecule has 0 bridgehead atoms. The molecule has 1 aromatic rings. The number of hydrogen-bond donors (Lipinski definition) is 3. The molecule has 130 valence electrons. The highest BCUT2D eigenvalue weighted by molar-refractivity contribution is 5.97. The Hall–Kier alpha value is -2.12. The number of nitrogens with zero attached hydrogens (tertiary/aromatic N) is 1. The number of aliphatic hydroxyl groups is 1. The van der Waals surface area contributed by atoms with Crippen LogP contribution in [0.15, 0.2) is 24.3 Å². The minimum Gasteiger partial charge on any atom is -0.497 e. The van der Waals surface area contributed by atoms with Gasteiger partial charge < -0.3 is 25.4 Å². The number of carbonyl (C=O) groups excluding carboxylic acids is 2. The molecule has 0 aromatic heterocycles. The molecule has 2 amide bonds. The first kappa shape index (κ1) is 16.7. The fourth-order valence-electron chi connectivity index (χ4n) is 3.30. The largest absolute Gasteiger partial charge is 0.497 e. The van der Waals surface area contributed by atoms with E-state index in [4.69, 9.17) is 4.74 Å². The van der Waals surface area contributed by atoms with Gasteiger partial charge >= 0.3 is 0 Å². The lowest BCUT2D eigenvalue weighted by Gasteiger charge is -2.35. The van der Waals surface area contributed by atoms with Gasteiger partial charge in [0.25, 0.3) is 0 Å². The lowest BCUT2D eigenvalue weighted by Crippen LogP contribution is -2.64. The predicted molar refractivity (Wildman–Crippen MR) is 87.4 cm³/mol. The standard InChI is InChI=1S/C17H23N3O4/c1-10(21)15-17(23)20-9-12(7-14(20)16(22)19-15)18-8-11-3-5-13(24-2)6-4-11/h3-6,10,12,14-15,18,21H,7-9H2,1-2H3,(H,19,22)/t10-,12-,14-,15+/m0/s1. The number of ether oxygens (including phenoxy) is 1. The average Bonchev–Trinajstić information content (AvgIpc) is 3.01. The minimum absolute atomic E-state index is 0.0551. The van der Waals surface area contributed by atoms with Crippen molar-refractivity contribution in [1.82, 2.24) is 15.5 Å². The van der Waals surface area contributed by atoms with E-state index in [1.807, 2.05) is 24.3 Å². The molecule has 3 N–H and O–H groups in total. The first-order chi connectivity index (χ1) is 11.5. The average molecular weight is 333 g/mol. The van der Waals surface area contributed by atoms with Crippen LogP contribution in [-0.2, 0) is 16.1 Å². The van der Waals surface area contributed by atoms with E-state index in [2.05, 4.69) is 10.6 Å². The van der Waals surface area contributed by atoms with E-state index < -0.39 is 18.2 Å². The van der Waals surface area contributed by atoms with Crippen molar-refractivity contribution in [3.63, 3.8) is 0 Å². The van der Waals surface area contributed by atoms with Gasteiger partial charge in [0.05, 0.1) is 13.2 Å². The van der Waals surface area contributed by atoms with Gasteiger partial charge in [-0.1, -0.05) is 12.1 Å².